The minimum absolute atomic E-state index is 0.0378. The molecule has 0 aromatic carbocycles. The molecule has 2 N–H and O–H groups in total. The van der Waals surface area contributed by atoms with E-state index in [0.29, 0.717) is 31.6 Å². The van der Waals surface area contributed by atoms with Crippen molar-refractivity contribution in [1.82, 2.24) is 15.6 Å². The van der Waals surface area contributed by atoms with Gasteiger partial charge in [-0.3, -0.25) is 14.4 Å². The number of hydrazone groups is 1. The SMILES string of the molecule is CC(=O)NC1CCN(C(=O)C2=NNC(=O)CC2)CC1. The average Bonchev–Trinajstić information content (AvgIpc) is 2.39. The number of carbonyl (C=O) groups is 3. The third-order valence-electron chi connectivity index (χ3n) is 3.34. The summed E-state index contributed by atoms with van der Waals surface area (Å²) in [6.45, 7) is 2.71. The Labute approximate surface area is 111 Å². The van der Waals surface area contributed by atoms with Gasteiger partial charge in [-0.25, -0.2) is 5.43 Å². The van der Waals surface area contributed by atoms with Crippen LogP contribution < -0.4 is 10.7 Å². The number of piperidine rings is 1. The Kier molecular flexibility index (Phi) is 4.13. The summed E-state index contributed by atoms with van der Waals surface area (Å²) in [5.74, 6) is -0.300. The molecule has 0 atom stereocenters. The van der Waals surface area contributed by atoms with Crippen LogP contribution in [0.25, 0.3) is 0 Å². The van der Waals surface area contributed by atoms with Gasteiger partial charge in [-0.1, -0.05) is 0 Å². The van der Waals surface area contributed by atoms with Crippen molar-refractivity contribution < 1.29 is 14.4 Å². The van der Waals surface area contributed by atoms with Crippen LogP contribution in [0, 0.1) is 0 Å². The van der Waals surface area contributed by atoms with Crippen LogP contribution in [0.2, 0.25) is 0 Å². The fourth-order valence-corrected chi connectivity index (χ4v) is 2.33. The molecule has 2 aliphatic rings. The molecule has 2 rings (SSSR count). The Bertz CT molecular complexity index is 425. The Hall–Kier alpha value is -1.92. The summed E-state index contributed by atoms with van der Waals surface area (Å²) in [5.41, 5.74) is 2.75. The number of carbonyl (C=O) groups excluding carboxylic acids is 3. The molecule has 104 valence electrons. The van der Waals surface area contributed by atoms with Gasteiger partial charge in [-0.2, -0.15) is 5.10 Å². The van der Waals surface area contributed by atoms with E-state index in [-0.39, 0.29) is 23.8 Å². The van der Waals surface area contributed by atoms with Crippen LogP contribution in [0.4, 0.5) is 0 Å². The first-order chi connectivity index (χ1) is 9.06. The number of nitrogens with zero attached hydrogens (tertiary/aromatic N) is 2. The highest BCUT2D eigenvalue weighted by Gasteiger charge is 2.27. The molecule has 0 spiro atoms. The molecule has 1 saturated heterocycles. The van der Waals surface area contributed by atoms with Crippen molar-refractivity contribution in [3.63, 3.8) is 0 Å². The normalized spacial score (nSPS) is 20.6. The molecule has 0 bridgehead atoms. The summed E-state index contributed by atoms with van der Waals surface area (Å²) in [4.78, 5) is 35.8. The summed E-state index contributed by atoms with van der Waals surface area (Å²) in [7, 11) is 0. The van der Waals surface area contributed by atoms with Gasteiger partial charge in [0.1, 0.15) is 5.71 Å². The minimum Gasteiger partial charge on any atom is -0.353 e. The van der Waals surface area contributed by atoms with E-state index in [4.69, 9.17) is 0 Å². The lowest BCUT2D eigenvalue weighted by atomic mass is 10.0. The molecule has 0 aromatic heterocycles. The summed E-state index contributed by atoms with van der Waals surface area (Å²) in [5, 5.41) is 6.67. The van der Waals surface area contributed by atoms with Crippen molar-refractivity contribution in [2.45, 2.75) is 38.6 Å². The maximum absolute atomic E-state index is 12.1. The molecular weight excluding hydrogens is 248 g/mol. The number of likely N-dealkylation sites (tertiary alicyclic amines) is 1. The number of nitrogens with one attached hydrogen (secondary N) is 2. The second kappa shape index (κ2) is 5.81. The predicted octanol–water partition coefficient (Wildman–Crippen LogP) is -0.620. The molecule has 0 radical (unpaired) electrons. The summed E-state index contributed by atoms with van der Waals surface area (Å²) in [6, 6.07) is 0.148. The fourth-order valence-electron chi connectivity index (χ4n) is 2.33. The smallest absolute Gasteiger partial charge is 0.270 e. The monoisotopic (exact) mass is 266 g/mol. The molecule has 3 amide bonds. The summed E-state index contributed by atoms with van der Waals surface area (Å²) < 4.78 is 0. The van der Waals surface area contributed by atoms with E-state index in [0.717, 1.165) is 12.8 Å². The summed E-state index contributed by atoms with van der Waals surface area (Å²) in [6.07, 6.45) is 2.22. The Morgan fingerprint density at radius 2 is 2.00 bits per heavy atom. The van der Waals surface area contributed by atoms with E-state index in [9.17, 15) is 14.4 Å². The lowest BCUT2D eigenvalue weighted by molar-refractivity contribution is -0.125. The highest BCUT2D eigenvalue weighted by Crippen LogP contribution is 2.12. The van der Waals surface area contributed by atoms with Gasteiger partial charge >= 0.3 is 0 Å². The topological polar surface area (TPSA) is 90.9 Å². The second-order valence-corrected chi connectivity index (χ2v) is 4.86. The Morgan fingerprint density at radius 3 is 2.53 bits per heavy atom. The third kappa shape index (κ3) is 3.52. The lowest BCUT2D eigenvalue weighted by Gasteiger charge is -2.32. The fraction of sp³-hybridized carbons (Fsp3) is 0.667. The van der Waals surface area contributed by atoms with E-state index in [1.165, 1.54) is 6.92 Å². The minimum atomic E-state index is -0.152. The number of hydrogen-bond donors (Lipinski definition) is 2. The predicted molar refractivity (Wildman–Crippen MR) is 68.2 cm³/mol. The van der Waals surface area contributed by atoms with Crippen molar-refractivity contribution in [1.29, 1.82) is 0 Å². The van der Waals surface area contributed by atoms with Gasteiger partial charge in [0, 0.05) is 38.9 Å². The highest BCUT2D eigenvalue weighted by atomic mass is 16.2. The highest BCUT2D eigenvalue weighted by molar-refractivity contribution is 6.39. The quantitative estimate of drug-likeness (QED) is 0.698. The van der Waals surface area contributed by atoms with Crippen LogP contribution in [-0.2, 0) is 14.4 Å². The van der Waals surface area contributed by atoms with E-state index < -0.39 is 0 Å². The van der Waals surface area contributed by atoms with Crippen LogP contribution in [0.15, 0.2) is 5.10 Å². The molecule has 0 aliphatic carbocycles. The van der Waals surface area contributed by atoms with Gasteiger partial charge in [0.05, 0.1) is 0 Å². The number of amides is 3. The Balaban J connectivity index is 1.86. The average molecular weight is 266 g/mol. The van der Waals surface area contributed by atoms with Gasteiger partial charge < -0.3 is 10.2 Å². The molecule has 1 fully saturated rings. The zero-order valence-corrected chi connectivity index (χ0v) is 10.9. The van der Waals surface area contributed by atoms with Gasteiger partial charge in [-0.15, -0.1) is 0 Å². The van der Waals surface area contributed by atoms with Crippen LogP contribution in [0.5, 0.6) is 0 Å². The van der Waals surface area contributed by atoms with Crippen LogP contribution in [0.1, 0.15) is 32.6 Å². The van der Waals surface area contributed by atoms with Gasteiger partial charge in [0.2, 0.25) is 11.8 Å². The standard InChI is InChI=1S/C12H18N4O3/c1-8(17)13-9-4-6-16(7-5-9)12(19)10-2-3-11(18)15-14-10/h9H,2-7H2,1H3,(H,13,17)(H,15,18). The molecule has 2 heterocycles. The van der Waals surface area contributed by atoms with E-state index in [1.54, 1.807) is 4.90 Å². The molecule has 19 heavy (non-hydrogen) atoms. The number of rotatable bonds is 2. The molecule has 0 aromatic rings. The third-order valence-corrected chi connectivity index (χ3v) is 3.34. The van der Waals surface area contributed by atoms with Crippen molar-refractivity contribution in [3.8, 4) is 0 Å². The van der Waals surface area contributed by atoms with Crippen molar-refractivity contribution in [3.05, 3.63) is 0 Å². The van der Waals surface area contributed by atoms with Crippen molar-refractivity contribution >= 4 is 23.4 Å². The maximum atomic E-state index is 12.1. The van der Waals surface area contributed by atoms with E-state index in [1.807, 2.05) is 0 Å². The van der Waals surface area contributed by atoms with Gasteiger partial charge in [-0.05, 0) is 12.8 Å². The summed E-state index contributed by atoms with van der Waals surface area (Å²) >= 11 is 0. The lowest BCUT2D eigenvalue weighted by Crippen LogP contribution is -2.48. The van der Waals surface area contributed by atoms with Crippen molar-refractivity contribution in [2.24, 2.45) is 5.10 Å². The zero-order valence-electron chi connectivity index (χ0n) is 10.9. The first-order valence-corrected chi connectivity index (χ1v) is 6.48. The first kappa shape index (κ1) is 13.5. The molecule has 7 heteroatoms. The molecule has 7 nitrogen and oxygen atoms in total. The van der Waals surface area contributed by atoms with Crippen LogP contribution in [0.3, 0.4) is 0 Å². The zero-order chi connectivity index (χ0) is 13.8. The van der Waals surface area contributed by atoms with Crippen LogP contribution >= 0.6 is 0 Å². The maximum Gasteiger partial charge on any atom is 0.270 e. The van der Waals surface area contributed by atoms with Gasteiger partial charge in [0.15, 0.2) is 0 Å². The largest absolute Gasteiger partial charge is 0.353 e. The van der Waals surface area contributed by atoms with Crippen molar-refractivity contribution in [2.75, 3.05) is 13.1 Å². The molecular formula is C12H18N4O3. The Morgan fingerprint density at radius 1 is 1.32 bits per heavy atom. The first-order valence-electron chi connectivity index (χ1n) is 6.48. The molecule has 0 saturated carbocycles. The number of hydrogen-bond acceptors (Lipinski definition) is 4. The van der Waals surface area contributed by atoms with E-state index >= 15 is 0 Å². The van der Waals surface area contributed by atoms with E-state index in [2.05, 4.69) is 15.8 Å². The second-order valence-electron chi connectivity index (χ2n) is 4.86. The van der Waals surface area contributed by atoms with Gasteiger partial charge in [0.25, 0.3) is 5.91 Å². The molecule has 0 unspecified atom stereocenters. The van der Waals surface area contributed by atoms with Crippen LogP contribution in [-0.4, -0.2) is 47.5 Å². The molecule has 2 aliphatic heterocycles.